The van der Waals surface area contributed by atoms with Crippen molar-refractivity contribution in [3.05, 3.63) is 68.8 Å². The number of carbonyl (C=O) groups is 1. The second-order valence-electron chi connectivity index (χ2n) is 6.16. The van der Waals surface area contributed by atoms with E-state index >= 15 is 0 Å². The van der Waals surface area contributed by atoms with Gasteiger partial charge in [-0.25, -0.2) is 0 Å². The molecule has 1 aliphatic rings. The molecule has 2 aromatic carbocycles. The third-order valence-corrected chi connectivity index (χ3v) is 5.50. The first-order chi connectivity index (χ1) is 13.5. The molecule has 28 heavy (non-hydrogen) atoms. The molecule has 1 aliphatic heterocycles. The molecule has 2 aromatic rings. The summed E-state index contributed by atoms with van der Waals surface area (Å²) >= 11 is 1.03. The highest BCUT2D eigenvalue weighted by Gasteiger charge is 2.24. The summed E-state index contributed by atoms with van der Waals surface area (Å²) < 4.78 is 0. The summed E-state index contributed by atoms with van der Waals surface area (Å²) in [5.41, 5.74) is 0.408. The number of rotatable bonds is 6. The molecule has 0 unspecified atom stereocenters. The van der Waals surface area contributed by atoms with Crippen LogP contribution in [0.4, 0.5) is 17.1 Å². The standard InChI is InChI=1S/C18H18N4O5S/c23-18(20-10-8-19(9-11-20)14-4-2-1-3-5-14)13-28-17-7-6-15(21(24)25)12-16(17)22(26)27/h1-7,12H,8-11,13H2. The number of carbonyl (C=O) groups excluding carboxylic acids is 1. The Morgan fingerprint density at radius 2 is 1.64 bits per heavy atom. The van der Waals surface area contributed by atoms with Crippen LogP contribution in [-0.4, -0.2) is 52.6 Å². The predicted molar refractivity (Wildman–Crippen MR) is 106 cm³/mol. The largest absolute Gasteiger partial charge is 0.368 e. The van der Waals surface area contributed by atoms with Crippen molar-refractivity contribution in [3.63, 3.8) is 0 Å². The van der Waals surface area contributed by atoms with E-state index in [2.05, 4.69) is 4.90 Å². The second kappa shape index (κ2) is 8.70. The van der Waals surface area contributed by atoms with Crippen molar-refractivity contribution in [2.75, 3.05) is 36.8 Å². The highest BCUT2D eigenvalue weighted by molar-refractivity contribution is 8.00. The van der Waals surface area contributed by atoms with Crippen LogP contribution in [0.25, 0.3) is 0 Å². The van der Waals surface area contributed by atoms with Gasteiger partial charge < -0.3 is 9.80 Å². The van der Waals surface area contributed by atoms with E-state index in [0.717, 1.165) is 36.6 Å². The van der Waals surface area contributed by atoms with Crippen LogP contribution in [0.5, 0.6) is 0 Å². The van der Waals surface area contributed by atoms with Crippen molar-refractivity contribution in [1.82, 2.24) is 4.90 Å². The molecule has 9 nitrogen and oxygen atoms in total. The molecular weight excluding hydrogens is 384 g/mol. The number of thioether (sulfide) groups is 1. The van der Waals surface area contributed by atoms with Crippen molar-refractivity contribution in [2.24, 2.45) is 0 Å². The molecule has 1 saturated heterocycles. The average molecular weight is 402 g/mol. The molecule has 0 spiro atoms. The van der Waals surface area contributed by atoms with Gasteiger partial charge in [-0.3, -0.25) is 25.0 Å². The monoisotopic (exact) mass is 402 g/mol. The Balaban J connectivity index is 1.58. The van der Waals surface area contributed by atoms with Crippen molar-refractivity contribution < 1.29 is 14.6 Å². The highest BCUT2D eigenvalue weighted by Crippen LogP contribution is 2.32. The van der Waals surface area contributed by atoms with Gasteiger partial charge >= 0.3 is 0 Å². The fraction of sp³-hybridized carbons (Fsp3) is 0.278. The van der Waals surface area contributed by atoms with Crippen molar-refractivity contribution in [2.45, 2.75) is 4.90 Å². The molecule has 1 heterocycles. The molecule has 0 atom stereocenters. The Morgan fingerprint density at radius 3 is 2.25 bits per heavy atom. The van der Waals surface area contributed by atoms with Crippen LogP contribution in [0.2, 0.25) is 0 Å². The van der Waals surface area contributed by atoms with Crippen LogP contribution in [0, 0.1) is 20.2 Å². The fourth-order valence-corrected chi connectivity index (χ4v) is 3.87. The minimum atomic E-state index is -0.682. The normalized spacial score (nSPS) is 14.0. The molecule has 1 amide bonds. The average Bonchev–Trinajstić information content (AvgIpc) is 2.72. The van der Waals surface area contributed by atoms with Crippen LogP contribution >= 0.6 is 11.8 Å². The zero-order valence-electron chi connectivity index (χ0n) is 14.9. The quantitative estimate of drug-likeness (QED) is 0.415. The van der Waals surface area contributed by atoms with Crippen LogP contribution in [-0.2, 0) is 4.79 Å². The first kappa shape index (κ1) is 19.6. The summed E-state index contributed by atoms with van der Waals surface area (Å²) in [7, 11) is 0. The number of hydrogen-bond donors (Lipinski definition) is 0. The molecule has 0 aliphatic carbocycles. The maximum absolute atomic E-state index is 12.5. The Morgan fingerprint density at radius 1 is 0.964 bits per heavy atom. The van der Waals surface area contributed by atoms with Gasteiger partial charge in [-0.1, -0.05) is 18.2 Å². The summed E-state index contributed by atoms with van der Waals surface area (Å²) in [5.74, 6) is -0.0605. The predicted octanol–water partition coefficient (Wildman–Crippen LogP) is 2.94. The summed E-state index contributed by atoms with van der Waals surface area (Å²) in [6, 6.07) is 13.4. The Kier molecular flexibility index (Phi) is 6.09. The molecule has 0 bridgehead atoms. The number of piperazine rings is 1. The summed E-state index contributed by atoms with van der Waals surface area (Å²) in [5, 5.41) is 22.0. The van der Waals surface area contributed by atoms with E-state index in [1.54, 1.807) is 4.90 Å². The van der Waals surface area contributed by atoms with Gasteiger partial charge in [0.15, 0.2) is 0 Å². The molecule has 146 valence electrons. The lowest BCUT2D eigenvalue weighted by molar-refractivity contribution is -0.396. The molecule has 0 aromatic heterocycles. The molecule has 0 saturated carbocycles. The van der Waals surface area contributed by atoms with E-state index in [9.17, 15) is 25.0 Å². The molecule has 1 fully saturated rings. The number of hydrogen-bond acceptors (Lipinski definition) is 7. The van der Waals surface area contributed by atoms with Crippen molar-refractivity contribution >= 4 is 34.7 Å². The number of nitro benzene ring substituents is 2. The minimum absolute atomic E-state index is 0.0456. The van der Waals surface area contributed by atoms with Crippen LogP contribution in [0.15, 0.2) is 53.4 Å². The third kappa shape index (κ3) is 4.58. The molecular formula is C18H18N4O5S. The SMILES string of the molecule is O=C(CSc1ccc([N+](=O)[O-])cc1[N+](=O)[O-])N1CCN(c2ccccc2)CC1. The van der Waals surface area contributed by atoms with Gasteiger partial charge in [-0.2, -0.15) is 0 Å². The summed E-state index contributed by atoms with van der Waals surface area (Å²) in [4.78, 5) is 37.3. The lowest BCUT2D eigenvalue weighted by Gasteiger charge is -2.36. The van der Waals surface area contributed by atoms with Crippen LogP contribution < -0.4 is 4.90 Å². The van der Waals surface area contributed by atoms with E-state index in [0.29, 0.717) is 13.1 Å². The Bertz CT molecular complexity index is 885. The van der Waals surface area contributed by atoms with E-state index in [1.807, 2.05) is 30.3 Å². The van der Waals surface area contributed by atoms with E-state index in [-0.39, 0.29) is 27.9 Å². The first-order valence-electron chi connectivity index (χ1n) is 8.59. The number of amides is 1. The second-order valence-corrected chi connectivity index (χ2v) is 7.18. The fourth-order valence-electron chi connectivity index (χ4n) is 2.97. The lowest BCUT2D eigenvalue weighted by Crippen LogP contribution is -2.49. The topological polar surface area (TPSA) is 110 Å². The van der Waals surface area contributed by atoms with E-state index in [1.165, 1.54) is 12.1 Å². The van der Waals surface area contributed by atoms with E-state index in [4.69, 9.17) is 0 Å². The highest BCUT2D eigenvalue weighted by atomic mass is 32.2. The van der Waals surface area contributed by atoms with Gasteiger partial charge in [0.1, 0.15) is 0 Å². The summed E-state index contributed by atoms with van der Waals surface area (Å²) in [6.45, 7) is 2.60. The third-order valence-electron chi connectivity index (χ3n) is 4.45. The van der Waals surface area contributed by atoms with Gasteiger partial charge in [0.25, 0.3) is 11.4 Å². The van der Waals surface area contributed by atoms with Gasteiger partial charge in [-0.15, -0.1) is 11.8 Å². The lowest BCUT2D eigenvalue weighted by atomic mass is 10.2. The molecule has 0 radical (unpaired) electrons. The zero-order chi connectivity index (χ0) is 20.1. The Hall–Kier alpha value is -3.14. The smallest absolute Gasteiger partial charge is 0.289 e. The van der Waals surface area contributed by atoms with Gasteiger partial charge in [-0.05, 0) is 18.2 Å². The first-order valence-corrected chi connectivity index (χ1v) is 9.57. The van der Waals surface area contributed by atoms with Crippen LogP contribution in [0.1, 0.15) is 0 Å². The molecule has 3 rings (SSSR count). The van der Waals surface area contributed by atoms with Gasteiger partial charge in [0.05, 0.1) is 26.6 Å². The molecule has 10 heteroatoms. The number of non-ortho nitro benzene ring substituents is 1. The Labute approximate surface area is 165 Å². The van der Waals surface area contributed by atoms with Gasteiger partial charge in [0.2, 0.25) is 5.91 Å². The number of benzene rings is 2. The molecule has 0 N–H and O–H groups in total. The number of para-hydroxylation sites is 1. The summed E-state index contributed by atoms with van der Waals surface area (Å²) in [6.07, 6.45) is 0. The van der Waals surface area contributed by atoms with Crippen molar-refractivity contribution in [3.8, 4) is 0 Å². The van der Waals surface area contributed by atoms with Crippen molar-refractivity contribution in [1.29, 1.82) is 0 Å². The minimum Gasteiger partial charge on any atom is -0.368 e. The van der Waals surface area contributed by atoms with Crippen LogP contribution in [0.3, 0.4) is 0 Å². The number of anilines is 1. The van der Waals surface area contributed by atoms with E-state index < -0.39 is 9.85 Å². The number of nitrogens with zero attached hydrogens (tertiary/aromatic N) is 4. The number of nitro groups is 2. The zero-order valence-corrected chi connectivity index (χ0v) is 15.7. The van der Waals surface area contributed by atoms with Gasteiger partial charge in [0, 0.05) is 37.9 Å². The maximum Gasteiger partial charge on any atom is 0.289 e. The maximum atomic E-state index is 12.5.